The van der Waals surface area contributed by atoms with Crippen LogP contribution in [0.4, 0.5) is 0 Å². The Morgan fingerprint density at radius 1 is 0.906 bits per heavy atom. The molecule has 176 valence electrons. The fourth-order valence-corrected chi connectivity index (χ4v) is 7.55. The van der Waals surface area contributed by atoms with Gasteiger partial charge in [0.05, 0.1) is 11.6 Å². The lowest BCUT2D eigenvalue weighted by molar-refractivity contribution is -0.124. The van der Waals surface area contributed by atoms with Crippen LogP contribution in [0.1, 0.15) is 101 Å². The van der Waals surface area contributed by atoms with Gasteiger partial charge in [0.1, 0.15) is 0 Å². The van der Waals surface area contributed by atoms with E-state index in [1.54, 1.807) is 0 Å². The van der Waals surface area contributed by atoms with Gasteiger partial charge in [-0.25, -0.2) is 0 Å². The molecule has 5 rings (SSSR count). The van der Waals surface area contributed by atoms with E-state index in [9.17, 15) is 9.90 Å². The Hall–Kier alpha value is -1.39. The van der Waals surface area contributed by atoms with Gasteiger partial charge in [-0.3, -0.25) is 4.79 Å². The molecule has 32 heavy (non-hydrogen) atoms. The number of aliphatic hydroxyl groups is 1. The Morgan fingerprint density at radius 3 is 2.25 bits per heavy atom. The fraction of sp³-hybridized carbons (Fsp3) is 0.750. The molecule has 2 aliphatic heterocycles. The summed E-state index contributed by atoms with van der Waals surface area (Å²) in [6, 6.07) is 9.30. The number of amides is 1. The number of hydrogen-bond acceptors (Lipinski definition) is 3. The zero-order chi connectivity index (χ0) is 22.0. The molecule has 4 heteroatoms. The highest BCUT2D eigenvalue weighted by Gasteiger charge is 2.47. The van der Waals surface area contributed by atoms with Crippen LogP contribution in [0.2, 0.25) is 0 Å². The fourth-order valence-electron chi connectivity index (χ4n) is 7.55. The van der Waals surface area contributed by atoms with E-state index < -0.39 is 5.60 Å². The van der Waals surface area contributed by atoms with Gasteiger partial charge in [-0.1, -0.05) is 69.2 Å². The third-order valence-corrected chi connectivity index (χ3v) is 9.29. The maximum atomic E-state index is 12.3. The van der Waals surface area contributed by atoms with Crippen LogP contribution in [0.5, 0.6) is 0 Å². The number of likely N-dealkylation sites (tertiary alicyclic amines) is 1. The van der Waals surface area contributed by atoms with E-state index in [1.807, 2.05) is 0 Å². The smallest absolute Gasteiger partial charge is 0.210 e. The molecular formula is C28H42N2O2. The van der Waals surface area contributed by atoms with Crippen LogP contribution in [-0.2, 0) is 10.2 Å². The lowest BCUT2D eigenvalue weighted by atomic mass is 9.66. The van der Waals surface area contributed by atoms with E-state index in [4.69, 9.17) is 0 Å². The highest BCUT2D eigenvalue weighted by molar-refractivity contribution is 5.54. The van der Waals surface area contributed by atoms with Crippen molar-refractivity contribution in [2.24, 2.45) is 5.92 Å². The average molecular weight is 439 g/mol. The highest BCUT2D eigenvalue weighted by Crippen LogP contribution is 2.50. The van der Waals surface area contributed by atoms with Gasteiger partial charge in [0.25, 0.3) is 0 Å². The summed E-state index contributed by atoms with van der Waals surface area (Å²) < 4.78 is 0. The molecule has 1 aromatic carbocycles. The highest BCUT2D eigenvalue weighted by atomic mass is 16.3. The molecule has 4 aliphatic rings. The lowest BCUT2D eigenvalue weighted by Gasteiger charge is -2.52. The molecular weight excluding hydrogens is 396 g/mol. The van der Waals surface area contributed by atoms with Gasteiger partial charge in [0.15, 0.2) is 0 Å². The molecule has 1 saturated heterocycles. The summed E-state index contributed by atoms with van der Waals surface area (Å²) in [7, 11) is 0. The summed E-state index contributed by atoms with van der Waals surface area (Å²) in [5, 5.41) is 11.3. The van der Waals surface area contributed by atoms with Gasteiger partial charge in [-0.05, 0) is 68.7 Å². The van der Waals surface area contributed by atoms with Crippen LogP contribution in [0.3, 0.4) is 0 Å². The van der Waals surface area contributed by atoms with Crippen LogP contribution < -0.4 is 0 Å². The zero-order valence-electron chi connectivity index (χ0n) is 19.8. The molecule has 1 spiro atoms. The van der Waals surface area contributed by atoms with Crippen molar-refractivity contribution < 1.29 is 9.90 Å². The third-order valence-electron chi connectivity index (χ3n) is 9.29. The lowest BCUT2D eigenvalue weighted by Crippen LogP contribution is -2.55. The molecule has 0 aromatic heterocycles. The van der Waals surface area contributed by atoms with E-state index in [0.717, 1.165) is 58.3 Å². The Labute approximate surface area is 194 Å². The Kier molecular flexibility index (Phi) is 6.63. The number of nitrogens with zero attached hydrogens (tertiary/aromatic N) is 2. The predicted molar refractivity (Wildman–Crippen MR) is 129 cm³/mol. The Morgan fingerprint density at radius 2 is 1.56 bits per heavy atom. The summed E-state index contributed by atoms with van der Waals surface area (Å²) in [6.07, 6.45) is 16.5. The van der Waals surface area contributed by atoms with Crippen LogP contribution >= 0.6 is 0 Å². The van der Waals surface area contributed by atoms with Crippen molar-refractivity contribution in [3.63, 3.8) is 0 Å². The second-order valence-corrected chi connectivity index (χ2v) is 11.4. The molecule has 1 atom stereocenters. The van der Waals surface area contributed by atoms with Gasteiger partial charge in [-0.15, -0.1) is 0 Å². The molecule has 1 amide bonds. The molecule has 1 N–H and O–H groups in total. The van der Waals surface area contributed by atoms with Crippen molar-refractivity contribution >= 4 is 6.41 Å². The van der Waals surface area contributed by atoms with Crippen LogP contribution in [0, 0.1) is 5.92 Å². The maximum absolute atomic E-state index is 12.3. The van der Waals surface area contributed by atoms with E-state index in [-0.39, 0.29) is 11.5 Å². The first-order valence-corrected chi connectivity index (χ1v) is 13.4. The molecule has 2 heterocycles. The number of rotatable bonds is 4. The summed E-state index contributed by atoms with van der Waals surface area (Å²) in [5.41, 5.74) is 2.51. The molecule has 1 aromatic rings. The Balaban J connectivity index is 1.33. The molecule has 0 bridgehead atoms. The number of carbonyl (C=O) groups excluding carboxylic acids is 1. The molecule has 2 aliphatic carbocycles. The minimum Gasteiger partial charge on any atom is -0.389 e. The van der Waals surface area contributed by atoms with Crippen molar-refractivity contribution in [1.82, 2.24) is 9.80 Å². The summed E-state index contributed by atoms with van der Waals surface area (Å²) >= 11 is 0. The standard InChI is InChI=1S/C28H42N2O2/c31-22-30-20-27(25-13-7-6-12-24(25)26(30)23-10-4-5-11-23)16-18-29(19-17-27)21-28(32)14-8-2-1-3-9-15-28/h6-7,12-13,22-23,26,32H,1-5,8-11,14-21H2. The summed E-state index contributed by atoms with van der Waals surface area (Å²) in [6.45, 7) is 3.74. The van der Waals surface area contributed by atoms with E-state index in [2.05, 4.69) is 34.1 Å². The van der Waals surface area contributed by atoms with Crippen molar-refractivity contribution in [3.8, 4) is 0 Å². The SMILES string of the molecule is O=CN1CC2(CCN(CC3(O)CCCCCCC3)CC2)c2ccccc2C1C1CCCC1. The number of benzene rings is 1. The number of fused-ring (bicyclic) bond motifs is 2. The van der Waals surface area contributed by atoms with Gasteiger partial charge in [0.2, 0.25) is 6.41 Å². The first-order valence-electron chi connectivity index (χ1n) is 13.4. The van der Waals surface area contributed by atoms with Crippen molar-refractivity contribution in [2.75, 3.05) is 26.2 Å². The normalized spacial score (nSPS) is 28.8. The molecule has 3 fully saturated rings. The van der Waals surface area contributed by atoms with Crippen molar-refractivity contribution in [1.29, 1.82) is 0 Å². The quantitative estimate of drug-likeness (QED) is 0.657. The second-order valence-electron chi connectivity index (χ2n) is 11.4. The second kappa shape index (κ2) is 9.46. The van der Waals surface area contributed by atoms with Crippen molar-refractivity contribution in [3.05, 3.63) is 35.4 Å². The topological polar surface area (TPSA) is 43.8 Å². The molecule has 4 nitrogen and oxygen atoms in total. The molecule has 0 radical (unpaired) electrons. The van der Waals surface area contributed by atoms with Gasteiger partial charge in [-0.2, -0.15) is 0 Å². The van der Waals surface area contributed by atoms with E-state index >= 15 is 0 Å². The van der Waals surface area contributed by atoms with Crippen LogP contribution in [0.15, 0.2) is 24.3 Å². The summed E-state index contributed by atoms with van der Waals surface area (Å²) in [5.74, 6) is 0.618. The minimum atomic E-state index is -0.502. The number of carbonyl (C=O) groups is 1. The van der Waals surface area contributed by atoms with Crippen molar-refractivity contribution in [2.45, 2.75) is 101 Å². The average Bonchev–Trinajstić information content (AvgIpc) is 3.33. The van der Waals surface area contributed by atoms with Gasteiger partial charge < -0.3 is 14.9 Å². The first kappa shape index (κ1) is 22.4. The van der Waals surface area contributed by atoms with E-state index in [1.165, 1.54) is 68.9 Å². The molecule has 1 unspecified atom stereocenters. The van der Waals surface area contributed by atoms with Gasteiger partial charge in [0, 0.05) is 18.5 Å². The number of hydrogen-bond donors (Lipinski definition) is 1. The predicted octanol–water partition coefficient (Wildman–Crippen LogP) is 5.20. The maximum Gasteiger partial charge on any atom is 0.210 e. The minimum absolute atomic E-state index is 0.0761. The van der Waals surface area contributed by atoms with E-state index in [0.29, 0.717) is 5.92 Å². The zero-order valence-corrected chi connectivity index (χ0v) is 19.8. The summed E-state index contributed by atoms with van der Waals surface area (Å²) in [4.78, 5) is 17.0. The van der Waals surface area contributed by atoms with Crippen LogP contribution in [-0.4, -0.2) is 53.1 Å². The Bertz CT molecular complexity index is 771. The molecule has 2 saturated carbocycles. The largest absolute Gasteiger partial charge is 0.389 e. The van der Waals surface area contributed by atoms with Gasteiger partial charge >= 0.3 is 0 Å². The van der Waals surface area contributed by atoms with Crippen LogP contribution in [0.25, 0.3) is 0 Å². The number of piperidine rings is 1. The third kappa shape index (κ3) is 4.37. The first-order chi connectivity index (χ1) is 15.6. The monoisotopic (exact) mass is 438 g/mol. The number of β-amino-alcohol motifs (C(OH)–C–C–N with tert-alkyl or cyclic N) is 1.